The van der Waals surface area contributed by atoms with Crippen LogP contribution in [0.3, 0.4) is 0 Å². The Morgan fingerprint density at radius 2 is 1.58 bits per heavy atom. The van der Waals surface area contributed by atoms with Crippen LogP contribution in [-0.4, -0.2) is 27.4 Å². The lowest BCUT2D eigenvalue weighted by atomic mass is 10.1. The Balaban J connectivity index is 2.16. The van der Waals surface area contributed by atoms with E-state index in [1.165, 1.54) is 25.7 Å². The van der Waals surface area contributed by atoms with Crippen molar-refractivity contribution in [3.63, 3.8) is 0 Å². The van der Waals surface area contributed by atoms with Gasteiger partial charge < -0.3 is 19.5 Å². The Kier molecular flexibility index (Phi) is 4.91. The molecule has 1 aromatic carbocycles. The summed E-state index contributed by atoms with van der Waals surface area (Å²) in [6, 6.07) is 4.42. The van der Waals surface area contributed by atoms with Gasteiger partial charge in [-0.25, -0.2) is 0 Å². The third kappa shape index (κ3) is 3.32. The van der Waals surface area contributed by atoms with Gasteiger partial charge in [0.1, 0.15) is 17.2 Å². The zero-order valence-corrected chi connectivity index (χ0v) is 12.0. The lowest BCUT2D eigenvalue weighted by Gasteiger charge is -2.17. The summed E-state index contributed by atoms with van der Waals surface area (Å²) in [5, 5.41) is 3.58. The zero-order valence-electron chi connectivity index (χ0n) is 12.0. The fourth-order valence-electron chi connectivity index (χ4n) is 2.63. The lowest BCUT2D eigenvalue weighted by Crippen LogP contribution is -2.25. The SMILES string of the molecule is COc1cc(OC)c(CNC2CCCC2)c(OC)c1. The molecule has 0 atom stereocenters. The Labute approximate surface area is 115 Å². The van der Waals surface area contributed by atoms with Crippen molar-refractivity contribution >= 4 is 0 Å². The molecule has 0 heterocycles. The van der Waals surface area contributed by atoms with Crippen LogP contribution in [0, 0.1) is 0 Å². The van der Waals surface area contributed by atoms with E-state index in [4.69, 9.17) is 14.2 Å². The minimum absolute atomic E-state index is 0.622. The molecule has 1 aliphatic rings. The predicted octanol–water partition coefficient (Wildman–Crippen LogP) is 2.74. The highest BCUT2D eigenvalue weighted by molar-refractivity contribution is 5.50. The second kappa shape index (κ2) is 6.66. The molecule has 0 bridgehead atoms. The molecule has 1 aliphatic carbocycles. The summed E-state index contributed by atoms with van der Waals surface area (Å²) in [6.45, 7) is 0.765. The van der Waals surface area contributed by atoms with Crippen LogP contribution < -0.4 is 19.5 Å². The van der Waals surface area contributed by atoms with Gasteiger partial charge in [0.25, 0.3) is 0 Å². The highest BCUT2D eigenvalue weighted by Crippen LogP contribution is 2.34. The maximum absolute atomic E-state index is 5.45. The van der Waals surface area contributed by atoms with Gasteiger partial charge in [0.05, 0.1) is 26.9 Å². The van der Waals surface area contributed by atoms with Crippen molar-refractivity contribution in [2.45, 2.75) is 38.3 Å². The smallest absolute Gasteiger partial charge is 0.130 e. The second-order valence-electron chi connectivity index (χ2n) is 4.87. The summed E-state index contributed by atoms with van der Waals surface area (Å²) in [7, 11) is 4.99. The number of nitrogens with one attached hydrogen (secondary N) is 1. The third-order valence-corrected chi connectivity index (χ3v) is 3.74. The second-order valence-corrected chi connectivity index (χ2v) is 4.87. The largest absolute Gasteiger partial charge is 0.496 e. The fourth-order valence-corrected chi connectivity index (χ4v) is 2.63. The van der Waals surface area contributed by atoms with Gasteiger partial charge in [-0.15, -0.1) is 0 Å². The van der Waals surface area contributed by atoms with Crippen molar-refractivity contribution in [1.29, 1.82) is 0 Å². The van der Waals surface area contributed by atoms with Gasteiger partial charge in [-0.05, 0) is 12.8 Å². The molecule has 0 aliphatic heterocycles. The summed E-state index contributed by atoms with van der Waals surface area (Å²) < 4.78 is 16.1. The van der Waals surface area contributed by atoms with E-state index in [0.717, 1.165) is 29.4 Å². The number of methoxy groups -OCH3 is 3. The van der Waals surface area contributed by atoms with Crippen LogP contribution in [0.15, 0.2) is 12.1 Å². The van der Waals surface area contributed by atoms with E-state index in [1.54, 1.807) is 21.3 Å². The maximum Gasteiger partial charge on any atom is 0.130 e. The van der Waals surface area contributed by atoms with Crippen molar-refractivity contribution < 1.29 is 14.2 Å². The molecule has 0 saturated heterocycles. The minimum Gasteiger partial charge on any atom is -0.496 e. The van der Waals surface area contributed by atoms with E-state index in [0.29, 0.717) is 6.04 Å². The molecule has 0 spiro atoms. The van der Waals surface area contributed by atoms with Gasteiger partial charge in [-0.3, -0.25) is 0 Å². The number of rotatable bonds is 6. The number of ether oxygens (including phenoxy) is 3. The van der Waals surface area contributed by atoms with Gasteiger partial charge >= 0.3 is 0 Å². The summed E-state index contributed by atoms with van der Waals surface area (Å²) in [6.07, 6.45) is 5.19. The summed E-state index contributed by atoms with van der Waals surface area (Å²) >= 11 is 0. The van der Waals surface area contributed by atoms with E-state index in [2.05, 4.69) is 5.32 Å². The maximum atomic E-state index is 5.45. The van der Waals surface area contributed by atoms with Crippen LogP contribution >= 0.6 is 0 Å². The standard InChI is InChI=1S/C15H23NO3/c1-17-12-8-14(18-2)13(15(9-12)19-3)10-16-11-6-4-5-7-11/h8-9,11,16H,4-7,10H2,1-3H3. The minimum atomic E-state index is 0.622. The molecule has 2 rings (SSSR count). The summed E-state index contributed by atoms with van der Waals surface area (Å²) in [5.41, 5.74) is 1.05. The summed E-state index contributed by atoms with van der Waals surface area (Å²) in [4.78, 5) is 0. The van der Waals surface area contributed by atoms with Crippen molar-refractivity contribution in [3.8, 4) is 17.2 Å². The topological polar surface area (TPSA) is 39.7 Å². The molecule has 1 N–H and O–H groups in total. The van der Waals surface area contributed by atoms with Gasteiger partial charge in [-0.2, -0.15) is 0 Å². The van der Waals surface area contributed by atoms with Gasteiger partial charge in [-0.1, -0.05) is 12.8 Å². The van der Waals surface area contributed by atoms with Gasteiger partial charge in [0.2, 0.25) is 0 Å². The van der Waals surface area contributed by atoms with Crippen LogP contribution in [-0.2, 0) is 6.54 Å². The van der Waals surface area contributed by atoms with Crippen molar-refractivity contribution in [1.82, 2.24) is 5.32 Å². The Hall–Kier alpha value is -1.42. The number of hydrogen-bond donors (Lipinski definition) is 1. The third-order valence-electron chi connectivity index (χ3n) is 3.74. The molecule has 4 nitrogen and oxygen atoms in total. The fraction of sp³-hybridized carbons (Fsp3) is 0.600. The molecular formula is C15H23NO3. The molecule has 1 fully saturated rings. The van der Waals surface area contributed by atoms with Gasteiger partial charge in [0, 0.05) is 24.7 Å². The molecule has 0 amide bonds. The van der Waals surface area contributed by atoms with Crippen LogP contribution in [0.5, 0.6) is 17.2 Å². The zero-order chi connectivity index (χ0) is 13.7. The van der Waals surface area contributed by atoms with Crippen LogP contribution in [0.2, 0.25) is 0 Å². The predicted molar refractivity (Wildman–Crippen MR) is 75.2 cm³/mol. The number of hydrogen-bond acceptors (Lipinski definition) is 4. The molecule has 106 valence electrons. The van der Waals surface area contributed by atoms with Crippen molar-refractivity contribution in [2.75, 3.05) is 21.3 Å². The average Bonchev–Trinajstić information content (AvgIpc) is 2.97. The molecule has 1 saturated carbocycles. The molecule has 4 heteroatoms. The van der Waals surface area contributed by atoms with E-state index >= 15 is 0 Å². The first kappa shape index (κ1) is 14.0. The lowest BCUT2D eigenvalue weighted by molar-refractivity contribution is 0.364. The Morgan fingerprint density at radius 3 is 2.05 bits per heavy atom. The van der Waals surface area contributed by atoms with Crippen LogP contribution in [0.25, 0.3) is 0 Å². The first-order valence-corrected chi connectivity index (χ1v) is 6.80. The summed E-state index contributed by atoms with van der Waals surface area (Å²) in [5.74, 6) is 2.36. The highest BCUT2D eigenvalue weighted by Gasteiger charge is 2.17. The van der Waals surface area contributed by atoms with E-state index in [9.17, 15) is 0 Å². The molecule has 0 radical (unpaired) electrons. The molecule has 0 unspecified atom stereocenters. The van der Waals surface area contributed by atoms with E-state index in [1.807, 2.05) is 12.1 Å². The Bertz CT molecular complexity index is 389. The Morgan fingerprint density at radius 1 is 1.00 bits per heavy atom. The molecular weight excluding hydrogens is 242 g/mol. The van der Waals surface area contributed by atoms with Crippen molar-refractivity contribution in [3.05, 3.63) is 17.7 Å². The highest BCUT2D eigenvalue weighted by atomic mass is 16.5. The quantitative estimate of drug-likeness (QED) is 0.858. The first-order chi connectivity index (χ1) is 9.28. The first-order valence-electron chi connectivity index (χ1n) is 6.80. The molecule has 0 aromatic heterocycles. The monoisotopic (exact) mass is 265 g/mol. The van der Waals surface area contributed by atoms with E-state index in [-0.39, 0.29) is 0 Å². The average molecular weight is 265 g/mol. The van der Waals surface area contributed by atoms with Crippen molar-refractivity contribution in [2.24, 2.45) is 0 Å². The molecule has 1 aromatic rings. The van der Waals surface area contributed by atoms with Crippen LogP contribution in [0.1, 0.15) is 31.2 Å². The number of benzene rings is 1. The van der Waals surface area contributed by atoms with Gasteiger partial charge in [0.15, 0.2) is 0 Å². The van der Waals surface area contributed by atoms with Crippen LogP contribution in [0.4, 0.5) is 0 Å². The van der Waals surface area contributed by atoms with E-state index < -0.39 is 0 Å². The normalized spacial score (nSPS) is 15.5. The molecule has 19 heavy (non-hydrogen) atoms.